The smallest absolute Gasteiger partial charge is 0.224 e. The molecule has 1 heterocycles. The van der Waals surface area contributed by atoms with Crippen molar-refractivity contribution in [1.29, 1.82) is 0 Å². The lowest BCUT2D eigenvalue weighted by Crippen LogP contribution is -2.20. The fraction of sp³-hybridized carbons (Fsp3) is 0.462. The minimum absolute atomic E-state index is 0.0178. The second-order valence-corrected chi connectivity index (χ2v) is 4.39. The van der Waals surface area contributed by atoms with Gasteiger partial charge in [0.2, 0.25) is 5.91 Å². The molecule has 0 bridgehead atoms. The maximum absolute atomic E-state index is 13.4. The Hall–Kier alpha value is -1.42. The molecule has 92 valence electrons. The lowest BCUT2D eigenvalue weighted by Gasteiger charge is -2.20. The summed E-state index contributed by atoms with van der Waals surface area (Å²) in [6.07, 6.45) is 3.67. The van der Waals surface area contributed by atoms with E-state index in [9.17, 15) is 9.18 Å². The zero-order valence-corrected chi connectivity index (χ0v) is 9.76. The van der Waals surface area contributed by atoms with Crippen LogP contribution in [-0.2, 0) is 17.6 Å². The molecule has 0 atom stereocenters. The number of carbonyl (C=O) groups is 1. The fourth-order valence-corrected chi connectivity index (χ4v) is 2.19. The van der Waals surface area contributed by atoms with Gasteiger partial charge in [0, 0.05) is 12.1 Å². The molecule has 0 saturated carbocycles. The third-order valence-corrected chi connectivity index (χ3v) is 3.05. The van der Waals surface area contributed by atoms with E-state index < -0.39 is 0 Å². The molecule has 1 aromatic rings. The molecule has 2 rings (SSSR count). The summed E-state index contributed by atoms with van der Waals surface area (Å²) in [6, 6.07) is 3.03. The van der Waals surface area contributed by atoms with Gasteiger partial charge in [-0.25, -0.2) is 4.39 Å². The van der Waals surface area contributed by atoms with E-state index in [1.165, 1.54) is 12.1 Å². The predicted octanol–water partition coefficient (Wildman–Crippen LogP) is 1.99. The minimum Gasteiger partial charge on any atom is -0.330 e. The number of nitrogens with one attached hydrogen (secondary N) is 1. The van der Waals surface area contributed by atoms with Gasteiger partial charge in [0.25, 0.3) is 0 Å². The number of halogens is 1. The monoisotopic (exact) mass is 236 g/mol. The highest BCUT2D eigenvalue weighted by Crippen LogP contribution is 2.29. The Bertz CT molecular complexity index is 432. The van der Waals surface area contributed by atoms with Crippen LogP contribution in [0.3, 0.4) is 0 Å². The summed E-state index contributed by atoms with van der Waals surface area (Å²) in [5, 5.41) is 2.85. The van der Waals surface area contributed by atoms with Crippen LogP contribution in [0.25, 0.3) is 0 Å². The molecule has 4 heteroatoms. The van der Waals surface area contributed by atoms with Crippen LogP contribution in [0.5, 0.6) is 0 Å². The number of rotatable bonds is 4. The zero-order chi connectivity index (χ0) is 12.3. The highest BCUT2D eigenvalue weighted by molar-refractivity contribution is 5.94. The number of hydrogen-bond acceptors (Lipinski definition) is 2. The van der Waals surface area contributed by atoms with Gasteiger partial charge in [-0.15, -0.1) is 0 Å². The summed E-state index contributed by atoms with van der Waals surface area (Å²) in [4.78, 5) is 11.4. The quantitative estimate of drug-likeness (QED) is 0.785. The van der Waals surface area contributed by atoms with Gasteiger partial charge in [0.05, 0.1) is 0 Å². The average Bonchev–Trinajstić information content (AvgIpc) is 2.30. The Morgan fingerprint density at radius 3 is 2.88 bits per heavy atom. The summed E-state index contributed by atoms with van der Waals surface area (Å²) < 4.78 is 13.4. The van der Waals surface area contributed by atoms with Crippen molar-refractivity contribution in [3.8, 4) is 0 Å². The Balaban J connectivity index is 2.24. The van der Waals surface area contributed by atoms with Crippen molar-refractivity contribution in [2.45, 2.75) is 32.1 Å². The number of anilines is 1. The van der Waals surface area contributed by atoms with Gasteiger partial charge >= 0.3 is 0 Å². The van der Waals surface area contributed by atoms with Gasteiger partial charge in [0.1, 0.15) is 5.82 Å². The second-order valence-electron chi connectivity index (χ2n) is 4.39. The summed E-state index contributed by atoms with van der Waals surface area (Å²) in [5.41, 5.74) is 8.06. The summed E-state index contributed by atoms with van der Waals surface area (Å²) in [5.74, 6) is -0.202. The molecule has 3 N–H and O–H groups in total. The molecule has 1 aromatic carbocycles. The van der Waals surface area contributed by atoms with Crippen molar-refractivity contribution in [1.82, 2.24) is 0 Å². The van der Waals surface area contributed by atoms with Crippen molar-refractivity contribution in [3.05, 3.63) is 29.1 Å². The molecule has 1 aliphatic rings. The highest BCUT2D eigenvalue weighted by Gasteiger charge is 2.18. The number of fused-ring (bicyclic) bond motifs is 1. The van der Waals surface area contributed by atoms with Gasteiger partial charge in [-0.1, -0.05) is 0 Å². The number of hydrogen-bond donors (Lipinski definition) is 2. The van der Waals surface area contributed by atoms with Crippen LogP contribution in [0, 0.1) is 5.82 Å². The number of carbonyl (C=O) groups excluding carboxylic acids is 1. The first-order valence-electron chi connectivity index (χ1n) is 6.02. The lowest BCUT2D eigenvalue weighted by atomic mass is 9.96. The second kappa shape index (κ2) is 5.27. The molecule has 0 aliphatic carbocycles. The van der Waals surface area contributed by atoms with E-state index in [0.29, 0.717) is 19.4 Å². The van der Waals surface area contributed by atoms with E-state index >= 15 is 0 Å². The molecule has 0 fully saturated rings. The third-order valence-electron chi connectivity index (χ3n) is 3.05. The Labute approximate surface area is 100 Å². The zero-order valence-electron chi connectivity index (χ0n) is 9.76. The van der Waals surface area contributed by atoms with Gasteiger partial charge < -0.3 is 11.1 Å². The SMILES string of the molecule is NCCCCc1cc(F)cc2c1NC(=O)CC2. The molecule has 0 unspecified atom stereocenters. The standard InChI is InChI=1S/C13H17FN2O/c14-11-7-9(3-1-2-6-15)13-10(8-11)4-5-12(17)16-13/h7-8H,1-6,15H2,(H,16,17). The third kappa shape index (κ3) is 2.82. The number of unbranched alkanes of at least 4 members (excludes halogenated alkanes) is 1. The van der Waals surface area contributed by atoms with Crippen molar-refractivity contribution in [2.75, 3.05) is 11.9 Å². The fourth-order valence-electron chi connectivity index (χ4n) is 2.19. The van der Waals surface area contributed by atoms with E-state index in [4.69, 9.17) is 5.73 Å². The first kappa shape index (κ1) is 12.0. The molecule has 0 radical (unpaired) electrons. The highest BCUT2D eigenvalue weighted by atomic mass is 19.1. The lowest BCUT2D eigenvalue weighted by molar-refractivity contribution is -0.116. The van der Waals surface area contributed by atoms with E-state index in [0.717, 1.165) is 36.1 Å². The van der Waals surface area contributed by atoms with E-state index in [-0.39, 0.29) is 11.7 Å². The first-order valence-corrected chi connectivity index (χ1v) is 6.02. The number of nitrogens with two attached hydrogens (primary N) is 1. The predicted molar refractivity (Wildman–Crippen MR) is 65.3 cm³/mol. The maximum atomic E-state index is 13.4. The minimum atomic E-state index is -0.220. The summed E-state index contributed by atoms with van der Waals surface area (Å²) in [6.45, 7) is 0.643. The Morgan fingerprint density at radius 1 is 1.29 bits per heavy atom. The summed E-state index contributed by atoms with van der Waals surface area (Å²) >= 11 is 0. The van der Waals surface area contributed by atoms with Crippen LogP contribution in [0.4, 0.5) is 10.1 Å². The Morgan fingerprint density at radius 2 is 2.12 bits per heavy atom. The number of aryl methyl sites for hydroxylation is 2. The normalized spacial score (nSPS) is 14.4. The average molecular weight is 236 g/mol. The van der Waals surface area contributed by atoms with Gasteiger partial charge in [-0.3, -0.25) is 4.79 Å². The largest absolute Gasteiger partial charge is 0.330 e. The number of amides is 1. The molecular weight excluding hydrogens is 219 g/mol. The molecule has 0 aromatic heterocycles. The van der Waals surface area contributed by atoms with Crippen LogP contribution in [-0.4, -0.2) is 12.5 Å². The van der Waals surface area contributed by atoms with Crippen LogP contribution >= 0.6 is 0 Å². The van der Waals surface area contributed by atoms with E-state index in [2.05, 4.69) is 5.32 Å². The van der Waals surface area contributed by atoms with Crippen molar-refractivity contribution >= 4 is 11.6 Å². The van der Waals surface area contributed by atoms with Crippen LogP contribution < -0.4 is 11.1 Å². The van der Waals surface area contributed by atoms with Gasteiger partial charge in [-0.05, 0) is 55.5 Å². The van der Waals surface area contributed by atoms with Crippen molar-refractivity contribution < 1.29 is 9.18 Å². The molecule has 0 saturated heterocycles. The molecule has 0 spiro atoms. The number of benzene rings is 1. The van der Waals surface area contributed by atoms with E-state index in [1.807, 2.05) is 0 Å². The van der Waals surface area contributed by atoms with Crippen LogP contribution in [0.2, 0.25) is 0 Å². The molecule has 1 aliphatic heterocycles. The van der Waals surface area contributed by atoms with Crippen molar-refractivity contribution in [2.24, 2.45) is 5.73 Å². The molecular formula is C13H17FN2O. The van der Waals surface area contributed by atoms with Crippen LogP contribution in [0.15, 0.2) is 12.1 Å². The molecule has 3 nitrogen and oxygen atoms in total. The van der Waals surface area contributed by atoms with Gasteiger partial charge in [0.15, 0.2) is 0 Å². The first-order chi connectivity index (χ1) is 8.20. The topological polar surface area (TPSA) is 55.1 Å². The van der Waals surface area contributed by atoms with Gasteiger partial charge in [-0.2, -0.15) is 0 Å². The molecule has 17 heavy (non-hydrogen) atoms. The van der Waals surface area contributed by atoms with E-state index in [1.54, 1.807) is 0 Å². The summed E-state index contributed by atoms with van der Waals surface area (Å²) in [7, 11) is 0. The van der Waals surface area contributed by atoms with Crippen LogP contribution in [0.1, 0.15) is 30.4 Å². The van der Waals surface area contributed by atoms with Crippen molar-refractivity contribution in [3.63, 3.8) is 0 Å². The maximum Gasteiger partial charge on any atom is 0.224 e. The molecule has 1 amide bonds. The Kier molecular flexibility index (Phi) is 3.74.